The van der Waals surface area contributed by atoms with Crippen LogP contribution >= 0.6 is 0 Å². The van der Waals surface area contributed by atoms with E-state index >= 15 is 0 Å². The summed E-state index contributed by atoms with van der Waals surface area (Å²) in [5, 5.41) is 2.61. The van der Waals surface area contributed by atoms with Gasteiger partial charge in [0.05, 0.1) is 20.6 Å². The van der Waals surface area contributed by atoms with E-state index in [1.54, 1.807) is 33.1 Å². The Morgan fingerprint density at radius 3 is 2.26 bits per heavy atom. The van der Waals surface area contributed by atoms with Crippen LogP contribution < -0.4 is 14.8 Å². The fourth-order valence-electron chi connectivity index (χ4n) is 2.78. The largest absolute Gasteiger partial charge is 0.497 e. The molecule has 0 aliphatic heterocycles. The Labute approximate surface area is 160 Å². The number of nitrogens with zero attached hydrogens (tertiary/aromatic N) is 1. The van der Waals surface area contributed by atoms with Crippen LogP contribution in [0.15, 0.2) is 48.5 Å². The van der Waals surface area contributed by atoms with Crippen molar-refractivity contribution in [3.8, 4) is 11.5 Å². The lowest BCUT2D eigenvalue weighted by molar-refractivity contribution is -0.139. The lowest BCUT2D eigenvalue weighted by Gasteiger charge is -2.28. The van der Waals surface area contributed by atoms with E-state index in [1.165, 1.54) is 0 Å². The molecule has 1 atom stereocenters. The topological polar surface area (TPSA) is 67.9 Å². The number of rotatable bonds is 8. The van der Waals surface area contributed by atoms with Gasteiger partial charge >= 0.3 is 0 Å². The van der Waals surface area contributed by atoms with Gasteiger partial charge in [-0.2, -0.15) is 0 Å². The molecule has 2 rings (SSSR count). The Balaban J connectivity index is 2.21. The molecule has 0 saturated carbocycles. The first-order chi connectivity index (χ1) is 13.0. The predicted octanol–water partition coefficient (Wildman–Crippen LogP) is 2.41. The number of likely N-dealkylation sites (N-methyl/N-ethyl adjacent to an activating group) is 1. The Hall–Kier alpha value is -3.02. The molecule has 0 bridgehead atoms. The molecular weight excluding hydrogens is 344 g/mol. The summed E-state index contributed by atoms with van der Waals surface area (Å²) in [6.45, 7) is 2.05. The van der Waals surface area contributed by atoms with Gasteiger partial charge in [-0.1, -0.05) is 24.3 Å². The van der Waals surface area contributed by atoms with Crippen LogP contribution in [0.2, 0.25) is 0 Å². The summed E-state index contributed by atoms with van der Waals surface area (Å²) in [4.78, 5) is 26.7. The fourth-order valence-corrected chi connectivity index (χ4v) is 2.78. The highest BCUT2D eigenvalue weighted by atomic mass is 16.5. The van der Waals surface area contributed by atoms with Gasteiger partial charge in [-0.15, -0.1) is 0 Å². The van der Waals surface area contributed by atoms with Crippen LogP contribution in [0.3, 0.4) is 0 Å². The monoisotopic (exact) mass is 370 g/mol. The normalized spacial score (nSPS) is 11.4. The maximum Gasteiger partial charge on any atom is 0.242 e. The number of ether oxygens (including phenoxy) is 2. The highest BCUT2D eigenvalue weighted by molar-refractivity contribution is 5.88. The van der Waals surface area contributed by atoms with Crippen molar-refractivity contribution >= 4 is 11.8 Å². The molecular formula is C21H26N2O4. The van der Waals surface area contributed by atoms with Crippen molar-refractivity contribution in [1.29, 1.82) is 0 Å². The van der Waals surface area contributed by atoms with E-state index < -0.39 is 6.04 Å². The third-order valence-corrected chi connectivity index (χ3v) is 4.42. The van der Waals surface area contributed by atoms with E-state index in [0.29, 0.717) is 12.3 Å². The predicted molar refractivity (Wildman–Crippen MR) is 104 cm³/mol. The summed E-state index contributed by atoms with van der Waals surface area (Å²) in [6.07, 6.45) is 0.204. The molecule has 0 aliphatic rings. The van der Waals surface area contributed by atoms with Gasteiger partial charge in [-0.05, 0) is 42.3 Å². The molecule has 27 heavy (non-hydrogen) atoms. The van der Waals surface area contributed by atoms with Gasteiger partial charge in [-0.3, -0.25) is 9.59 Å². The van der Waals surface area contributed by atoms with E-state index in [4.69, 9.17) is 9.47 Å². The third kappa shape index (κ3) is 5.48. The average Bonchev–Trinajstić information content (AvgIpc) is 2.71. The number of amides is 2. The van der Waals surface area contributed by atoms with Gasteiger partial charge in [0.1, 0.15) is 17.5 Å². The van der Waals surface area contributed by atoms with Crippen LogP contribution in [0, 0.1) is 0 Å². The SMILES string of the molecule is CNC(=O)C(C)N(Cc1cccc(OC)c1)C(=O)Cc1ccc(OC)cc1. The number of hydrogen-bond donors (Lipinski definition) is 1. The molecule has 0 spiro atoms. The number of carbonyl (C=O) groups is 2. The van der Waals surface area contributed by atoms with Crippen molar-refractivity contribution in [2.75, 3.05) is 21.3 Å². The summed E-state index contributed by atoms with van der Waals surface area (Å²) in [7, 11) is 4.76. The Bertz CT molecular complexity index is 774. The first kappa shape index (κ1) is 20.3. The number of carbonyl (C=O) groups excluding carboxylic acids is 2. The molecule has 1 unspecified atom stereocenters. The van der Waals surface area contributed by atoms with Gasteiger partial charge in [0.25, 0.3) is 0 Å². The lowest BCUT2D eigenvalue weighted by Crippen LogP contribution is -2.47. The number of benzene rings is 2. The highest BCUT2D eigenvalue weighted by Crippen LogP contribution is 2.18. The second-order valence-corrected chi connectivity index (χ2v) is 6.19. The molecule has 0 aromatic heterocycles. The summed E-state index contributed by atoms with van der Waals surface area (Å²) < 4.78 is 10.4. The molecule has 0 heterocycles. The van der Waals surface area contributed by atoms with Gasteiger partial charge in [0.2, 0.25) is 11.8 Å². The van der Waals surface area contributed by atoms with Crippen LogP contribution in [0.4, 0.5) is 0 Å². The van der Waals surface area contributed by atoms with Crippen LogP contribution in [-0.4, -0.2) is 44.0 Å². The second kappa shape index (κ2) is 9.62. The van der Waals surface area contributed by atoms with Gasteiger partial charge in [-0.25, -0.2) is 0 Å². The molecule has 6 heteroatoms. The minimum atomic E-state index is -0.591. The maximum atomic E-state index is 13.0. The second-order valence-electron chi connectivity index (χ2n) is 6.19. The minimum absolute atomic E-state index is 0.126. The minimum Gasteiger partial charge on any atom is -0.497 e. The van der Waals surface area contributed by atoms with Gasteiger partial charge in [0, 0.05) is 13.6 Å². The summed E-state index contributed by atoms with van der Waals surface area (Å²) in [6, 6.07) is 14.2. The number of hydrogen-bond acceptors (Lipinski definition) is 4. The lowest BCUT2D eigenvalue weighted by atomic mass is 10.1. The molecule has 1 N–H and O–H groups in total. The molecule has 0 saturated heterocycles. The standard InChI is InChI=1S/C21H26N2O4/c1-15(21(25)22-2)23(14-17-6-5-7-19(12-17)27-4)20(24)13-16-8-10-18(26-3)11-9-16/h5-12,15H,13-14H2,1-4H3,(H,22,25). The summed E-state index contributed by atoms with van der Waals surface area (Å²) in [5.41, 5.74) is 1.76. The van der Waals surface area contributed by atoms with Crippen molar-refractivity contribution in [3.05, 3.63) is 59.7 Å². The maximum absolute atomic E-state index is 13.0. The average molecular weight is 370 g/mol. The van der Waals surface area contributed by atoms with Crippen molar-refractivity contribution in [1.82, 2.24) is 10.2 Å². The van der Waals surface area contributed by atoms with Crippen molar-refractivity contribution in [2.24, 2.45) is 0 Å². The van der Waals surface area contributed by atoms with E-state index in [2.05, 4.69) is 5.32 Å². The quantitative estimate of drug-likeness (QED) is 0.775. The van der Waals surface area contributed by atoms with Crippen LogP contribution in [0.1, 0.15) is 18.1 Å². The fraction of sp³-hybridized carbons (Fsp3) is 0.333. The Kier molecular flexibility index (Phi) is 7.23. The van der Waals surface area contributed by atoms with Crippen LogP contribution in [-0.2, 0) is 22.6 Å². The molecule has 0 fully saturated rings. The Morgan fingerprint density at radius 1 is 1.00 bits per heavy atom. The summed E-state index contributed by atoms with van der Waals surface area (Å²) >= 11 is 0. The van der Waals surface area contributed by atoms with Crippen molar-refractivity contribution in [2.45, 2.75) is 25.9 Å². The molecule has 6 nitrogen and oxygen atoms in total. The smallest absolute Gasteiger partial charge is 0.242 e. The summed E-state index contributed by atoms with van der Waals surface area (Å²) in [5.74, 6) is 1.11. The zero-order chi connectivity index (χ0) is 19.8. The zero-order valence-electron chi connectivity index (χ0n) is 16.2. The number of nitrogens with one attached hydrogen (secondary N) is 1. The molecule has 2 aromatic rings. The molecule has 144 valence electrons. The van der Waals surface area contributed by atoms with Crippen molar-refractivity contribution < 1.29 is 19.1 Å². The molecule has 2 amide bonds. The third-order valence-electron chi connectivity index (χ3n) is 4.42. The first-order valence-corrected chi connectivity index (χ1v) is 8.75. The van der Waals surface area contributed by atoms with E-state index in [-0.39, 0.29) is 18.2 Å². The first-order valence-electron chi connectivity index (χ1n) is 8.75. The van der Waals surface area contributed by atoms with Crippen LogP contribution in [0.25, 0.3) is 0 Å². The van der Waals surface area contributed by atoms with E-state index in [1.807, 2.05) is 48.5 Å². The van der Waals surface area contributed by atoms with Crippen molar-refractivity contribution in [3.63, 3.8) is 0 Å². The van der Waals surface area contributed by atoms with Gasteiger partial charge < -0.3 is 19.7 Å². The zero-order valence-corrected chi connectivity index (χ0v) is 16.2. The highest BCUT2D eigenvalue weighted by Gasteiger charge is 2.25. The van der Waals surface area contributed by atoms with E-state index in [0.717, 1.165) is 16.9 Å². The molecule has 0 aliphatic carbocycles. The van der Waals surface area contributed by atoms with Gasteiger partial charge in [0.15, 0.2) is 0 Å². The molecule has 0 radical (unpaired) electrons. The number of methoxy groups -OCH3 is 2. The van der Waals surface area contributed by atoms with E-state index in [9.17, 15) is 9.59 Å². The van der Waals surface area contributed by atoms with Crippen LogP contribution in [0.5, 0.6) is 11.5 Å². The molecule has 2 aromatic carbocycles. The Morgan fingerprint density at radius 2 is 1.67 bits per heavy atom.